The minimum Gasteiger partial charge on any atom is -0.425 e. The van der Waals surface area contributed by atoms with Crippen molar-refractivity contribution in [2.45, 2.75) is 18.9 Å². The van der Waals surface area contributed by atoms with Crippen LogP contribution >= 0.6 is 0 Å². The number of pyridine rings is 1. The van der Waals surface area contributed by atoms with Gasteiger partial charge in [-0.3, -0.25) is 4.98 Å². The molecule has 3 aliphatic rings. The Kier molecular flexibility index (Phi) is 3.75. The summed E-state index contributed by atoms with van der Waals surface area (Å²) in [6, 6.07) is 7.31. The third-order valence-electron chi connectivity index (χ3n) is 4.70. The van der Waals surface area contributed by atoms with Crippen molar-refractivity contribution in [1.82, 2.24) is 15.2 Å². The molecular weight excluding hydrogens is 294 g/mol. The summed E-state index contributed by atoms with van der Waals surface area (Å²) in [7, 11) is 0. The van der Waals surface area contributed by atoms with Crippen LogP contribution in [0, 0.1) is 5.92 Å². The number of ether oxygens (including phenoxy) is 1. The monoisotopic (exact) mass is 313 g/mol. The number of nitrogens with zero attached hydrogens (tertiary/aromatic N) is 2. The fourth-order valence-corrected chi connectivity index (χ4v) is 3.45. The number of rotatable bonds is 3. The topological polar surface area (TPSA) is 67.6 Å². The van der Waals surface area contributed by atoms with Crippen molar-refractivity contribution < 1.29 is 13.9 Å². The molecule has 0 radical (unpaired) electrons. The van der Waals surface area contributed by atoms with Crippen molar-refractivity contribution >= 4 is 6.09 Å². The van der Waals surface area contributed by atoms with Crippen molar-refractivity contribution in [3.63, 3.8) is 0 Å². The number of amides is 1. The zero-order valence-corrected chi connectivity index (χ0v) is 12.8. The molecule has 6 nitrogen and oxygen atoms in total. The van der Waals surface area contributed by atoms with Gasteiger partial charge in [0.15, 0.2) is 0 Å². The van der Waals surface area contributed by atoms with Crippen LogP contribution in [0.15, 0.2) is 41.1 Å². The van der Waals surface area contributed by atoms with E-state index in [4.69, 9.17) is 9.15 Å². The molecule has 3 fully saturated rings. The smallest absolute Gasteiger partial charge is 0.415 e. The van der Waals surface area contributed by atoms with Crippen LogP contribution in [-0.4, -0.2) is 41.7 Å². The number of aromatic nitrogens is 1. The Balaban J connectivity index is 1.37. The third kappa shape index (κ3) is 3.07. The number of hydrogen-bond donors (Lipinski definition) is 1. The first-order chi connectivity index (χ1) is 11.3. The van der Waals surface area contributed by atoms with Gasteiger partial charge in [0.25, 0.3) is 5.95 Å². The standard InChI is InChI=1S/C17H19N3O3/c21-17(19-14-11-20-9-5-12(14)6-10-20)23-16-2-1-15(22-16)13-3-7-18-8-4-13/h1-4,7-8,12,14H,5-6,9-11H2,(H,19,21). The number of carbonyl (C=O) groups excluding carboxylic acids is 1. The van der Waals surface area contributed by atoms with Crippen molar-refractivity contribution in [3.8, 4) is 17.3 Å². The summed E-state index contributed by atoms with van der Waals surface area (Å²) in [5.41, 5.74) is 0.896. The number of furan rings is 1. The van der Waals surface area contributed by atoms with Gasteiger partial charge in [-0.25, -0.2) is 4.79 Å². The van der Waals surface area contributed by atoms with Crippen LogP contribution in [0.3, 0.4) is 0 Å². The van der Waals surface area contributed by atoms with E-state index in [1.807, 2.05) is 12.1 Å². The predicted molar refractivity (Wildman–Crippen MR) is 84.1 cm³/mol. The Hall–Kier alpha value is -2.34. The second-order valence-electron chi connectivity index (χ2n) is 6.13. The fraction of sp³-hybridized carbons (Fsp3) is 0.412. The highest BCUT2D eigenvalue weighted by molar-refractivity contribution is 5.70. The largest absolute Gasteiger partial charge is 0.425 e. The molecule has 0 aliphatic carbocycles. The number of piperidine rings is 3. The van der Waals surface area contributed by atoms with E-state index in [1.165, 1.54) is 0 Å². The first-order valence-electron chi connectivity index (χ1n) is 7.99. The van der Waals surface area contributed by atoms with Gasteiger partial charge in [0.2, 0.25) is 0 Å². The number of fused-ring (bicyclic) bond motifs is 3. The molecule has 3 saturated heterocycles. The minimum absolute atomic E-state index is 0.180. The van der Waals surface area contributed by atoms with E-state index in [0.717, 1.165) is 38.0 Å². The molecule has 2 aromatic rings. The molecule has 1 atom stereocenters. The lowest BCUT2D eigenvalue weighted by Crippen LogP contribution is -2.57. The van der Waals surface area contributed by atoms with Crippen molar-refractivity contribution in [2.75, 3.05) is 19.6 Å². The maximum atomic E-state index is 12.1. The van der Waals surface area contributed by atoms with Crippen molar-refractivity contribution in [3.05, 3.63) is 36.7 Å². The van der Waals surface area contributed by atoms with Crippen LogP contribution in [0.5, 0.6) is 5.95 Å². The SMILES string of the molecule is O=C(NC1CN2CCC1CC2)Oc1ccc(-c2ccncc2)o1. The molecule has 23 heavy (non-hydrogen) atoms. The Morgan fingerprint density at radius 3 is 2.70 bits per heavy atom. The van der Waals surface area contributed by atoms with E-state index in [9.17, 15) is 4.79 Å². The summed E-state index contributed by atoms with van der Waals surface area (Å²) in [4.78, 5) is 18.4. The maximum Gasteiger partial charge on any atom is 0.415 e. The van der Waals surface area contributed by atoms with E-state index >= 15 is 0 Å². The molecule has 1 N–H and O–H groups in total. The highest BCUT2D eigenvalue weighted by atomic mass is 16.6. The van der Waals surface area contributed by atoms with E-state index in [-0.39, 0.29) is 12.0 Å². The van der Waals surface area contributed by atoms with Gasteiger partial charge in [0.05, 0.1) is 0 Å². The van der Waals surface area contributed by atoms with E-state index in [1.54, 1.807) is 24.5 Å². The Morgan fingerprint density at radius 2 is 2.00 bits per heavy atom. The second kappa shape index (κ2) is 6.04. The van der Waals surface area contributed by atoms with Crippen LogP contribution in [0.4, 0.5) is 4.79 Å². The van der Waals surface area contributed by atoms with Crippen LogP contribution in [0.25, 0.3) is 11.3 Å². The first kappa shape index (κ1) is 14.3. The van der Waals surface area contributed by atoms with E-state index in [2.05, 4.69) is 15.2 Å². The van der Waals surface area contributed by atoms with Crippen LogP contribution in [0.2, 0.25) is 0 Å². The fourth-order valence-electron chi connectivity index (χ4n) is 3.45. The van der Waals surface area contributed by atoms with Crippen LogP contribution in [0.1, 0.15) is 12.8 Å². The highest BCUT2D eigenvalue weighted by Crippen LogP contribution is 2.28. The van der Waals surface area contributed by atoms with Gasteiger partial charge in [-0.05, 0) is 50.0 Å². The Morgan fingerprint density at radius 1 is 1.22 bits per heavy atom. The van der Waals surface area contributed by atoms with E-state index in [0.29, 0.717) is 11.7 Å². The molecule has 3 aliphatic heterocycles. The molecule has 5 heterocycles. The van der Waals surface area contributed by atoms with Gasteiger partial charge >= 0.3 is 6.09 Å². The number of nitrogens with one attached hydrogen (secondary N) is 1. The number of carbonyl (C=O) groups is 1. The molecule has 2 aromatic heterocycles. The molecular formula is C17H19N3O3. The van der Waals surface area contributed by atoms with Gasteiger partial charge in [-0.1, -0.05) is 0 Å². The summed E-state index contributed by atoms with van der Waals surface area (Å²) >= 11 is 0. The lowest BCUT2D eigenvalue weighted by molar-refractivity contribution is 0.0715. The lowest BCUT2D eigenvalue weighted by atomic mass is 9.84. The molecule has 2 bridgehead atoms. The third-order valence-corrected chi connectivity index (χ3v) is 4.70. The molecule has 1 amide bonds. The zero-order valence-electron chi connectivity index (χ0n) is 12.8. The van der Waals surface area contributed by atoms with Gasteiger partial charge in [0.1, 0.15) is 5.76 Å². The highest BCUT2D eigenvalue weighted by Gasteiger charge is 2.35. The second-order valence-corrected chi connectivity index (χ2v) is 6.13. The Labute approximate surface area is 134 Å². The van der Waals surface area contributed by atoms with Gasteiger partial charge in [-0.15, -0.1) is 0 Å². The number of hydrogen-bond acceptors (Lipinski definition) is 5. The van der Waals surface area contributed by atoms with Gasteiger partial charge < -0.3 is 19.4 Å². The van der Waals surface area contributed by atoms with Crippen molar-refractivity contribution in [2.24, 2.45) is 5.92 Å². The summed E-state index contributed by atoms with van der Waals surface area (Å²) in [5.74, 6) is 1.42. The van der Waals surface area contributed by atoms with Crippen LogP contribution in [-0.2, 0) is 0 Å². The molecule has 0 spiro atoms. The quantitative estimate of drug-likeness (QED) is 0.943. The molecule has 1 unspecified atom stereocenters. The summed E-state index contributed by atoms with van der Waals surface area (Å²) < 4.78 is 10.8. The van der Waals surface area contributed by atoms with Gasteiger partial charge in [-0.2, -0.15) is 0 Å². The molecule has 0 saturated carbocycles. The molecule has 120 valence electrons. The molecule has 5 rings (SSSR count). The normalized spacial score (nSPS) is 26.0. The van der Waals surface area contributed by atoms with E-state index < -0.39 is 6.09 Å². The van der Waals surface area contributed by atoms with Crippen molar-refractivity contribution in [1.29, 1.82) is 0 Å². The molecule has 0 aromatic carbocycles. The average molecular weight is 313 g/mol. The lowest BCUT2D eigenvalue weighted by Gasteiger charge is -2.44. The minimum atomic E-state index is -0.445. The predicted octanol–water partition coefficient (Wildman–Crippen LogP) is 2.52. The van der Waals surface area contributed by atoms with Crippen LogP contribution < -0.4 is 10.1 Å². The maximum absolute atomic E-state index is 12.1. The summed E-state index contributed by atoms with van der Waals surface area (Å²) in [6.45, 7) is 3.21. The zero-order chi connectivity index (χ0) is 15.6. The summed E-state index contributed by atoms with van der Waals surface area (Å²) in [6.07, 6.45) is 5.24. The molecule has 6 heteroatoms. The summed E-state index contributed by atoms with van der Waals surface area (Å²) in [5, 5.41) is 2.97. The Bertz CT molecular complexity index is 677. The first-order valence-corrected chi connectivity index (χ1v) is 7.99. The average Bonchev–Trinajstić information content (AvgIpc) is 3.05. The van der Waals surface area contributed by atoms with Gasteiger partial charge in [0, 0.05) is 36.6 Å².